The quantitative estimate of drug-likeness (QED) is 0.311. The van der Waals surface area contributed by atoms with Crippen molar-refractivity contribution < 1.29 is 8.42 Å². The lowest BCUT2D eigenvalue weighted by Crippen LogP contribution is -2.30. The lowest BCUT2D eigenvalue weighted by molar-refractivity contribution is 0.445. The Kier molecular flexibility index (Phi) is 7.46. The van der Waals surface area contributed by atoms with Crippen LogP contribution in [0.15, 0.2) is 94.1 Å². The van der Waals surface area contributed by atoms with Gasteiger partial charge < -0.3 is 4.57 Å². The number of sulfonamides is 1. The molecule has 0 saturated carbocycles. The van der Waals surface area contributed by atoms with Crippen LogP contribution in [0, 0.1) is 6.92 Å². The normalized spacial score (nSPS) is 12.4. The molecular formula is C27H29N3O2S2. The number of aryl methyl sites for hydroxylation is 1. The number of nitrogens with zero attached hydrogens (tertiary/aromatic N) is 3. The Morgan fingerprint density at radius 1 is 0.912 bits per heavy atom. The van der Waals surface area contributed by atoms with Gasteiger partial charge in [-0.05, 0) is 36.8 Å². The maximum atomic E-state index is 13.1. The first-order valence-corrected chi connectivity index (χ1v) is 13.7. The zero-order valence-electron chi connectivity index (χ0n) is 19.7. The van der Waals surface area contributed by atoms with Crippen molar-refractivity contribution in [2.45, 2.75) is 32.2 Å². The van der Waals surface area contributed by atoms with Gasteiger partial charge in [0.25, 0.3) is 0 Å². The maximum Gasteiger partial charge on any atom is 0.243 e. The van der Waals surface area contributed by atoms with Crippen LogP contribution in [-0.4, -0.2) is 30.4 Å². The molecule has 4 aromatic rings. The lowest BCUT2D eigenvalue weighted by Gasteiger charge is -2.19. The summed E-state index contributed by atoms with van der Waals surface area (Å²) in [6, 6.07) is 25.5. The summed E-state index contributed by atoms with van der Waals surface area (Å²) in [7, 11) is -3.55. The number of hydrogen-bond donors (Lipinski definition) is 0. The van der Waals surface area contributed by atoms with Crippen molar-refractivity contribution in [3.63, 3.8) is 0 Å². The molecule has 7 heteroatoms. The van der Waals surface area contributed by atoms with Crippen LogP contribution in [0.1, 0.15) is 25.0 Å². The van der Waals surface area contributed by atoms with E-state index in [1.54, 1.807) is 23.5 Å². The highest BCUT2D eigenvalue weighted by molar-refractivity contribution is 7.89. The minimum Gasteiger partial charge on any atom is -0.312 e. The predicted molar refractivity (Wildman–Crippen MR) is 140 cm³/mol. The molecule has 4 rings (SSSR count). The van der Waals surface area contributed by atoms with Gasteiger partial charge in [-0.3, -0.25) is 0 Å². The highest BCUT2D eigenvalue weighted by Crippen LogP contribution is 2.26. The third-order valence-electron chi connectivity index (χ3n) is 5.71. The summed E-state index contributed by atoms with van der Waals surface area (Å²) in [6.45, 7) is 7.31. The Labute approximate surface area is 205 Å². The molecule has 0 bridgehead atoms. The van der Waals surface area contributed by atoms with Gasteiger partial charge in [0, 0.05) is 24.0 Å². The third-order valence-corrected chi connectivity index (χ3v) is 8.62. The molecule has 0 N–H and O–H groups in total. The molecule has 0 aliphatic heterocycles. The van der Waals surface area contributed by atoms with Crippen LogP contribution in [0.3, 0.4) is 0 Å². The van der Waals surface area contributed by atoms with E-state index in [-0.39, 0.29) is 0 Å². The van der Waals surface area contributed by atoms with E-state index >= 15 is 0 Å². The molecule has 176 valence electrons. The minimum absolute atomic E-state index is 0.309. The van der Waals surface area contributed by atoms with Gasteiger partial charge in [0.05, 0.1) is 22.8 Å². The summed E-state index contributed by atoms with van der Waals surface area (Å²) in [5, 5.41) is 2.05. The Hall–Kier alpha value is -3.00. The average molecular weight is 492 g/mol. The van der Waals surface area contributed by atoms with Crippen LogP contribution < -0.4 is 4.80 Å². The second-order valence-electron chi connectivity index (χ2n) is 8.04. The molecular weight excluding hydrogens is 462 g/mol. The molecule has 0 saturated heterocycles. The zero-order chi connectivity index (χ0) is 24.1. The fourth-order valence-corrected chi connectivity index (χ4v) is 6.25. The van der Waals surface area contributed by atoms with Gasteiger partial charge in [0.15, 0.2) is 4.80 Å². The summed E-state index contributed by atoms with van der Waals surface area (Å²) in [5.74, 6) is 0. The van der Waals surface area contributed by atoms with Crippen LogP contribution >= 0.6 is 11.3 Å². The van der Waals surface area contributed by atoms with Crippen molar-refractivity contribution in [1.82, 2.24) is 8.87 Å². The molecule has 34 heavy (non-hydrogen) atoms. The Morgan fingerprint density at radius 2 is 1.62 bits per heavy atom. The number of aromatic nitrogens is 1. The third kappa shape index (κ3) is 5.22. The molecule has 0 aliphatic carbocycles. The number of para-hydroxylation sites is 1. The maximum absolute atomic E-state index is 13.1. The van der Waals surface area contributed by atoms with Crippen molar-refractivity contribution in [1.29, 1.82) is 0 Å². The van der Waals surface area contributed by atoms with Crippen molar-refractivity contribution >= 4 is 27.0 Å². The smallest absolute Gasteiger partial charge is 0.243 e. The molecule has 1 heterocycles. The molecule has 0 amide bonds. The largest absolute Gasteiger partial charge is 0.312 e. The van der Waals surface area contributed by atoms with Crippen molar-refractivity contribution in [3.8, 4) is 11.3 Å². The van der Waals surface area contributed by atoms with E-state index in [1.165, 1.54) is 9.87 Å². The van der Waals surface area contributed by atoms with Gasteiger partial charge in [0.1, 0.15) is 0 Å². The van der Waals surface area contributed by atoms with E-state index < -0.39 is 10.0 Å². The van der Waals surface area contributed by atoms with E-state index in [9.17, 15) is 8.42 Å². The van der Waals surface area contributed by atoms with Crippen molar-refractivity contribution in [2.75, 3.05) is 13.1 Å². The highest BCUT2D eigenvalue weighted by Gasteiger charge is 2.22. The number of thiazole rings is 1. The molecule has 0 atom stereocenters. The fourth-order valence-electron chi connectivity index (χ4n) is 3.82. The molecule has 0 unspecified atom stereocenters. The fraction of sp³-hybridized carbons (Fsp3) is 0.222. The van der Waals surface area contributed by atoms with E-state index in [4.69, 9.17) is 4.99 Å². The minimum atomic E-state index is -3.55. The monoisotopic (exact) mass is 491 g/mol. The Bertz CT molecular complexity index is 1420. The molecule has 1 aromatic heterocycles. The molecule has 0 aliphatic rings. The second-order valence-corrected chi connectivity index (χ2v) is 10.8. The SMILES string of the molecule is CCN(CC)S(=O)(=O)c1cccc(-c2csc(=Nc3ccccc3)n2Cc2ccc(C)cc2)c1. The van der Waals surface area contributed by atoms with Crippen LogP contribution in [0.2, 0.25) is 0 Å². The van der Waals surface area contributed by atoms with E-state index in [0.29, 0.717) is 24.5 Å². The van der Waals surface area contributed by atoms with Gasteiger partial charge in [-0.2, -0.15) is 4.31 Å². The number of rotatable bonds is 8. The number of benzene rings is 3. The molecule has 0 fully saturated rings. The molecule has 0 radical (unpaired) electrons. The summed E-state index contributed by atoms with van der Waals surface area (Å²) < 4.78 is 29.9. The zero-order valence-corrected chi connectivity index (χ0v) is 21.3. The van der Waals surface area contributed by atoms with Gasteiger partial charge >= 0.3 is 0 Å². The van der Waals surface area contributed by atoms with Gasteiger partial charge in [-0.25, -0.2) is 13.4 Å². The van der Waals surface area contributed by atoms with E-state index in [1.807, 2.05) is 56.3 Å². The molecule has 0 spiro atoms. The molecule has 3 aromatic carbocycles. The van der Waals surface area contributed by atoms with Crippen LogP contribution in [0.5, 0.6) is 0 Å². The van der Waals surface area contributed by atoms with Crippen molar-refractivity contribution in [2.24, 2.45) is 4.99 Å². The van der Waals surface area contributed by atoms with Gasteiger partial charge in [0.2, 0.25) is 10.0 Å². The predicted octanol–water partition coefficient (Wildman–Crippen LogP) is 5.84. The lowest BCUT2D eigenvalue weighted by atomic mass is 10.1. The standard InChI is InChI=1S/C27H29N3O2S2/c1-4-29(5-2)34(31,32)25-13-9-10-23(18-25)26-20-33-27(28-24-11-7-6-8-12-24)30(26)19-22-16-14-21(3)15-17-22/h6-18,20H,4-5,19H2,1-3H3. The Morgan fingerprint density at radius 3 is 2.29 bits per heavy atom. The second kappa shape index (κ2) is 10.5. The number of hydrogen-bond acceptors (Lipinski definition) is 4. The van der Waals surface area contributed by atoms with E-state index in [2.05, 4.69) is 41.1 Å². The summed E-state index contributed by atoms with van der Waals surface area (Å²) in [4.78, 5) is 6.05. The first kappa shape index (κ1) is 24.1. The Balaban J connectivity index is 1.84. The molecule has 5 nitrogen and oxygen atoms in total. The van der Waals surface area contributed by atoms with Crippen LogP contribution in [0.25, 0.3) is 11.3 Å². The van der Waals surface area contributed by atoms with Gasteiger partial charge in [-0.1, -0.05) is 74.0 Å². The summed E-state index contributed by atoms with van der Waals surface area (Å²) >= 11 is 1.55. The van der Waals surface area contributed by atoms with Gasteiger partial charge in [-0.15, -0.1) is 11.3 Å². The summed E-state index contributed by atoms with van der Waals surface area (Å²) in [6.07, 6.45) is 0. The van der Waals surface area contributed by atoms with Crippen LogP contribution in [0.4, 0.5) is 5.69 Å². The average Bonchev–Trinajstić information content (AvgIpc) is 3.23. The van der Waals surface area contributed by atoms with Crippen molar-refractivity contribution in [3.05, 3.63) is 100 Å². The first-order chi connectivity index (χ1) is 16.4. The summed E-state index contributed by atoms with van der Waals surface area (Å²) in [5.41, 5.74) is 5.05. The van der Waals surface area contributed by atoms with E-state index in [0.717, 1.165) is 27.3 Å². The highest BCUT2D eigenvalue weighted by atomic mass is 32.2. The topological polar surface area (TPSA) is 54.7 Å². The van der Waals surface area contributed by atoms with Crippen LogP contribution in [-0.2, 0) is 16.6 Å². The first-order valence-electron chi connectivity index (χ1n) is 11.4.